The number of aromatic nitrogens is 3. The molecular weight excluding hydrogens is 392 g/mol. The SMILES string of the molecule is CCC(NC(=O)CSc1nnc(-c2ccccc2C)n1C)c1ccc(Cl)cc1. The molecule has 3 aromatic rings. The van der Waals surface area contributed by atoms with Crippen molar-refractivity contribution in [3.8, 4) is 11.4 Å². The molecule has 0 aliphatic rings. The van der Waals surface area contributed by atoms with Gasteiger partial charge in [-0.3, -0.25) is 4.79 Å². The summed E-state index contributed by atoms with van der Waals surface area (Å²) < 4.78 is 1.93. The fourth-order valence-corrected chi connectivity index (χ4v) is 3.83. The van der Waals surface area contributed by atoms with Gasteiger partial charge >= 0.3 is 0 Å². The number of halogens is 1. The van der Waals surface area contributed by atoms with Crippen LogP contribution in [0.3, 0.4) is 0 Å². The van der Waals surface area contributed by atoms with Gasteiger partial charge in [0.2, 0.25) is 5.91 Å². The van der Waals surface area contributed by atoms with Crippen molar-refractivity contribution in [2.24, 2.45) is 7.05 Å². The van der Waals surface area contributed by atoms with Gasteiger partial charge in [-0.25, -0.2) is 0 Å². The monoisotopic (exact) mass is 414 g/mol. The number of nitrogens with zero attached hydrogens (tertiary/aromatic N) is 3. The van der Waals surface area contributed by atoms with E-state index in [0.29, 0.717) is 10.2 Å². The van der Waals surface area contributed by atoms with Crippen LogP contribution in [0.5, 0.6) is 0 Å². The van der Waals surface area contributed by atoms with Gasteiger partial charge in [0, 0.05) is 17.6 Å². The summed E-state index contributed by atoms with van der Waals surface area (Å²) in [5.41, 5.74) is 3.23. The minimum Gasteiger partial charge on any atom is -0.349 e. The molecule has 0 aliphatic carbocycles. The maximum absolute atomic E-state index is 12.5. The number of carbonyl (C=O) groups is 1. The molecule has 1 atom stereocenters. The third-order valence-electron chi connectivity index (χ3n) is 4.57. The predicted molar refractivity (Wildman–Crippen MR) is 115 cm³/mol. The number of amides is 1. The molecule has 0 aliphatic heterocycles. The lowest BCUT2D eigenvalue weighted by Gasteiger charge is -2.17. The zero-order valence-corrected chi connectivity index (χ0v) is 17.7. The average Bonchev–Trinajstić information content (AvgIpc) is 3.06. The average molecular weight is 415 g/mol. The smallest absolute Gasteiger partial charge is 0.230 e. The first kappa shape index (κ1) is 20.4. The first-order chi connectivity index (χ1) is 13.5. The first-order valence-electron chi connectivity index (χ1n) is 9.12. The second kappa shape index (κ2) is 9.26. The van der Waals surface area contributed by atoms with Crippen LogP contribution in [0, 0.1) is 6.92 Å². The third kappa shape index (κ3) is 4.75. The van der Waals surface area contributed by atoms with Crippen LogP contribution in [0.25, 0.3) is 11.4 Å². The first-order valence-corrected chi connectivity index (χ1v) is 10.5. The van der Waals surface area contributed by atoms with Crippen molar-refractivity contribution in [3.63, 3.8) is 0 Å². The summed E-state index contributed by atoms with van der Waals surface area (Å²) in [6, 6.07) is 15.6. The van der Waals surface area contributed by atoms with Crippen molar-refractivity contribution in [3.05, 3.63) is 64.7 Å². The number of hydrogen-bond donors (Lipinski definition) is 1. The van der Waals surface area contributed by atoms with Crippen molar-refractivity contribution >= 4 is 29.3 Å². The molecule has 0 radical (unpaired) electrons. The van der Waals surface area contributed by atoms with Gasteiger partial charge < -0.3 is 9.88 Å². The van der Waals surface area contributed by atoms with Crippen LogP contribution in [-0.2, 0) is 11.8 Å². The van der Waals surface area contributed by atoms with E-state index in [1.165, 1.54) is 11.8 Å². The lowest BCUT2D eigenvalue weighted by molar-refractivity contribution is -0.119. The molecule has 1 aromatic heterocycles. The summed E-state index contributed by atoms with van der Waals surface area (Å²) in [7, 11) is 1.92. The highest BCUT2D eigenvalue weighted by Gasteiger charge is 2.16. The number of nitrogens with one attached hydrogen (secondary N) is 1. The molecular formula is C21H23ClN4OS. The number of rotatable bonds is 7. The molecule has 3 rings (SSSR count). The topological polar surface area (TPSA) is 59.8 Å². The Balaban J connectivity index is 1.63. The Morgan fingerprint density at radius 1 is 1.18 bits per heavy atom. The molecule has 146 valence electrons. The van der Waals surface area contributed by atoms with E-state index in [0.717, 1.165) is 28.9 Å². The highest BCUT2D eigenvalue weighted by Crippen LogP contribution is 2.25. The molecule has 1 unspecified atom stereocenters. The van der Waals surface area contributed by atoms with E-state index in [4.69, 9.17) is 11.6 Å². The van der Waals surface area contributed by atoms with Gasteiger partial charge in [0.25, 0.3) is 0 Å². The molecule has 1 N–H and O–H groups in total. The Labute approximate surface area is 174 Å². The van der Waals surface area contributed by atoms with Gasteiger partial charge in [-0.1, -0.05) is 66.7 Å². The lowest BCUT2D eigenvalue weighted by atomic mass is 10.0. The van der Waals surface area contributed by atoms with Crippen LogP contribution in [0.4, 0.5) is 0 Å². The van der Waals surface area contributed by atoms with Gasteiger partial charge in [-0.15, -0.1) is 10.2 Å². The van der Waals surface area contributed by atoms with Crippen molar-refractivity contribution in [2.75, 3.05) is 5.75 Å². The highest BCUT2D eigenvalue weighted by molar-refractivity contribution is 7.99. The van der Waals surface area contributed by atoms with E-state index in [2.05, 4.69) is 15.5 Å². The molecule has 0 spiro atoms. The minimum atomic E-state index is -0.0350. The van der Waals surface area contributed by atoms with Gasteiger partial charge in [0.1, 0.15) is 0 Å². The Kier molecular flexibility index (Phi) is 6.75. The zero-order chi connectivity index (χ0) is 20.1. The molecule has 0 saturated heterocycles. The number of benzene rings is 2. The molecule has 5 nitrogen and oxygen atoms in total. The van der Waals surface area contributed by atoms with Crippen LogP contribution < -0.4 is 5.32 Å². The molecule has 7 heteroatoms. The summed E-state index contributed by atoms with van der Waals surface area (Å²) in [5.74, 6) is 1.05. The third-order valence-corrected chi connectivity index (χ3v) is 5.84. The molecule has 1 heterocycles. The van der Waals surface area contributed by atoms with Crippen LogP contribution >= 0.6 is 23.4 Å². The second-order valence-corrected chi connectivity index (χ2v) is 7.93. The zero-order valence-electron chi connectivity index (χ0n) is 16.1. The molecule has 1 amide bonds. The summed E-state index contributed by atoms with van der Waals surface area (Å²) in [6.45, 7) is 4.09. The van der Waals surface area contributed by atoms with Crippen molar-refractivity contribution in [2.45, 2.75) is 31.5 Å². The van der Waals surface area contributed by atoms with E-state index in [1.54, 1.807) is 0 Å². The van der Waals surface area contributed by atoms with Gasteiger partial charge in [-0.05, 0) is 36.6 Å². The van der Waals surface area contributed by atoms with Crippen LogP contribution in [-0.4, -0.2) is 26.4 Å². The van der Waals surface area contributed by atoms with E-state index >= 15 is 0 Å². The summed E-state index contributed by atoms with van der Waals surface area (Å²) in [5, 5.41) is 13.0. The number of hydrogen-bond acceptors (Lipinski definition) is 4. The van der Waals surface area contributed by atoms with Crippen LogP contribution in [0.1, 0.15) is 30.5 Å². The fourth-order valence-electron chi connectivity index (χ4n) is 2.98. The summed E-state index contributed by atoms with van der Waals surface area (Å²) in [6.07, 6.45) is 0.805. The Morgan fingerprint density at radius 2 is 1.89 bits per heavy atom. The molecule has 0 fully saturated rings. The van der Waals surface area contributed by atoms with E-state index in [1.807, 2.05) is 74.0 Å². The fraction of sp³-hybridized carbons (Fsp3) is 0.286. The van der Waals surface area contributed by atoms with Gasteiger partial charge in [0.15, 0.2) is 11.0 Å². The Morgan fingerprint density at radius 3 is 2.57 bits per heavy atom. The summed E-state index contributed by atoms with van der Waals surface area (Å²) in [4.78, 5) is 12.5. The lowest BCUT2D eigenvalue weighted by Crippen LogP contribution is -2.29. The van der Waals surface area contributed by atoms with E-state index < -0.39 is 0 Å². The number of thioether (sulfide) groups is 1. The standard InChI is InChI=1S/C21H23ClN4OS/c1-4-18(15-9-11-16(22)12-10-15)23-19(27)13-28-21-25-24-20(26(21)3)17-8-6-5-7-14(17)2/h5-12,18H,4,13H2,1-3H3,(H,23,27). The Bertz CT molecular complexity index is 955. The highest BCUT2D eigenvalue weighted by atomic mass is 35.5. The number of carbonyl (C=O) groups excluding carboxylic acids is 1. The van der Waals surface area contributed by atoms with Crippen LogP contribution in [0.2, 0.25) is 5.02 Å². The van der Waals surface area contributed by atoms with Crippen molar-refractivity contribution < 1.29 is 4.79 Å². The molecule has 0 bridgehead atoms. The minimum absolute atomic E-state index is 0.0348. The van der Waals surface area contributed by atoms with E-state index in [9.17, 15) is 4.79 Å². The number of aryl methyl sites for hydroxylation is 1. The van der Waals surface area contributed by atoms with Crippen molar-refractivity contribution in [1.82, 2.24) is 20.1 Å². The maximum Gasteiger partial charge on any atom is 0.230 e. The molecule has 0 saturated carbocycles. The molecule has 28 heavy (non-hydrogen) atoms. The second-order valence-electron chi connectivity index (χ2n) is 6.55. The normalized spacial score (nSPS) is 12.0. The van der Waals surface area contributed by atoms with Gasteiger partial charge in [0.05, 0.1) is 11.8 Å². The molecule has 2 aromatic carbocycles. The van der Waals surface area contributed by atoms with E-state index in [-0.39, 0.29) is 17.7 Å². The summed E-state index contributed by atoms with van der Waals surface area (Å²) >= 11 is 7.33. The van der Waals surface area contributed by atoms with Crippen molar-refractivity contribution in [1.29, 1.82) is 0 Å². The Hall–Kier alpha value is -2.31. The van der Waals surface area contributed by atoms with Gasteiger partial charge in [-0.2, -0.15) is 0 Å². The quantitative estimate of drug-likeness (QED) is 0.564. The predicted octanol–water partition coefficient (Wildman–Crippen LogP) is 4.80. The van der Waals surface area contributed by atoms with Crippen LogP contribution in [0.15, 0.2) is 53.7 Å². The maximum atomic E-state index is 12.5. The largest absolute Gasteiger partial charge is 0.349 e.